The number of rotatable bonds is 2. The Morgan fingerprint density at radius 2 is 1.83 bits per heavy atom. The van der Waals surface area contributed by atoms with Crippen molar-refractivity contribution in [1.82, 2.24) is 15.8 Å². The fourth-order valence-electron chi connectivity index (χ4n) is 2.37. The lowest BCUT2D eigenvalue weighted by atomic mass is 10.1. The van der Waals surface area contributed by atoms with E-state index in [9.17, 15) is 9.59 Å². The van der Waals surface area contributed by atoms with Gasteiger partial charge in [-0.05, 0) is 12.1 Å². The van der Waals surface area contributed by atoms with Crippen LogP contribution in [0, 0.1) is 5.92 Å². The third-order valence-corrected chi connectivity index (χ3v) is 3.44. The fourth-order valence-corrected chi connectivity index (χ4v) is 2.37. The molecule has 2 aliphatic heterocycles. The summed E-state index contributed by atoms with van der Waals surface area (Å²) in [4.78, 5) is 25.5. The number of nitrogens with zero attached hydrogens (tertiary/aromatic N) is 1. The van der Waals surface area contributed by atoms with Crippen molar-refractivity contribution < 1.29 is 9.59 Å². The van der Waals surface area contributed by atoms with E-state index in [1.54, 1.807) is 24.3 Å². The lowest BCUT2D eigenvalue weighted by molar-refractivity contribution is 0.0629. The number of amides is 2. The predicted octanol–water partition coefficient (Wildman–Crippen LogP) is -0.709. The molecule has 2 aliphatic rings. The Balaban J connectivity index is 1.84. The van der Waals surface area contributed by atoms with Crippen molar-refractivity contribution in [2.75, 3.05) is 13.1 Å². The number of hydrazine groups is 1. The summed E-state index contributed by atoms with van der Waals surface area (Å²) in [6.45, 7) is 0.988. The van der Waals surface area contributed by atoms with Gasteiger partial charge in [-0.3, -0.25) is 19.9 Å². The zero-order valence-corrected chi connectivity index (χ0v) is 9.72. The first-order valence-electron chi connectivity index (χ1n) is 5.87. The first kappa shape index (κ1) is 11.3. The molecule has 2 heterocycles. The highest BCUT2D eigenvalue weighted by Gasteiger charge is 2.38. The van der Waals surface area contributed by atoms with E-state index in [1.807, 2.05) is 0 Å². The van der Waals surface area contributed by atoms with Crippen LogP contribution in [-0.2, 0) is 0 Å². The zero-order chi connectivity index (χ0) is 12.7. The van der Waals surface area contributed by atoms with Gasteiger partial charge in [0.05, 0.1) is 17.3 Å². The lowest BCUT2D eigenvalue weighted by Gasteiger charge is -2.20. The summed E-state index contributed by atoms with van der Waals surface area (Å²) < 4.78 is 0. The van der Waals surface area contributed by atoms with Crippen LogP contribution in [0.15, 0.2) is 24.3 Å². The third kappa shape index (κ3) is 1.62. The van der Waals surface area contributed by atoms with Gasteiger partial charge >= 0.3 is 0 Å². The first-order valence-corrected chi connectivity index (χ1v) is 5.87. The number of benzene rings is 1. The Morgan fingerprint density at radius 1 is 1.22 bits per heavy atom. The highest BCUT2D eigenvalue weighted by atomic mass is 16.2. The third-order valence-electron chi connectivity index (χ3n) is 3.44. The molecular formula is C12H14N4O2. The molecule has 0 aliphatic carbocycles. The number of nitrogens with two attached hydrogens (primary N) is 1. The molecule has 18 heavy (non-hydrogen) atoms. The monoisotopic (exact) mass is 246 g/mol. The van der Waals surface area contributed by atoms with Gasteiger partial charge in [-0.2, -0.15) is 0 Å². The molecule has 1 aromatic rings. The molecular weight excluding hydrogens is 232 g/mol. The summed E-state index contributed by atoms with van der Waals surface area (Å²) in [5.41, 5.74) is 12.6. The van der Waals surface area contributed by atoms with Crippen molar-refractivity contribution in [3.63, 3.8) is 0 Å². The van der Waals surface area contributed by atoms with Crippen LogP contribution in [-0.4, -0.2) is 36.0 Å². The van der Waals surface area contributed by atoms with Gasteiger partial charge in [0.2, 0.25) is 0 Å². The maximum Gasteiger partial charge on any atom is 0.261 e. The van der Waals surface area contributed by atoms with Crippen LogP contribution in [0.4, 0.5) is 0 Å². The number of hydrogen-bond donors (Lipinski definition) is 3. The molecule has 6 heteroatoms. The molecule has 1 aromatic carbocycles. The summed E-state index contributed by atoms with van der Waals surface area (Å²) in [6, 6.07) is 6.89. The Kier molecular flexibility index (Phi) is 2.62. The number of carbonyl (C=O) groups is 2. The molecule has 0 saturated carbocycles. The van der Waals surface area contributed by atoms with Gasteiger partial charge in [0.25, 0.3) is 11.8 Å². The molecule has 6 nitrogen and oxygen atoms in total. The summed E-state index contributed by atoms with van der Waals surface area (Å²) >= 11 is 0. The Labute approximate surface area is 104 Å². The highest BCUT2D eigenvalue weighted by Crippen LogP contribution is 2.23. The van der Waals surface area contributed by atoms with Gasteiger partial charge in [-0.25, -0.2) is 5.43 Å². The standard InChI is InChI=1S/C12H14N4O2/c13-10-7(5-14-15-10)6-16-11(17)8-3-1-2-4-9(8)12(16)18/h1-4,7,10,14-15H,5-6,13H2. The van der Waals surface area contributed by atoms with E-state index in [1.165, 1.54) is 4.90 Å². The minimum atomic E-state index is -0.241. The lowest BCUT2D eigenvalue weighted by Crippen LogP contribution is -2.44. The smallest absolute Gasteiger partial charge is 0.261 e. The van der Waals surface area contributed by atoms with E-state index in [4.69, 9.17) is 5.73 Å². The number of imide groups is 1. The van der Waals surface area contributed by atoms with Crippen molar-refractivity contribution in [2.24, 2.45) is 11.7 Å². The molecule has 4 N–H and O–H groups in total. The molecule has 3 rings (SSSR count). The molecule has 2 amide bonds. The van der Waals surface area contributed by atoms with Crippen LogP contribution < -0.4 is 16.6 Å². The molecule has 0 bridgehead atoms. The Hall–Kier alpha value is -1.76. The molecule has 0 aromatic heterocycles. The van der Waals surface area contributed by atoms with Crippen molar-refractivity contribution in [3.8, 4) is 0 Å². The highest BCUT2D eigenvalue weighted by molar-refractivity contribution is 6.21. The molecule has 0 spiro atoms. The fraction of sp³-hybridized carbons (Fsp3) is 0.333. The van der Waals surface area contributed by atoms with E-state index < -0.39 is 0 Å². The van der Waals surface area contributed by atoms with Gasteiger partial charge in [0.15, 0.2) is 0 Å². The minimum Gasteiger partial charge on any atom is -0.315 e. The van der Waals surface area contributed by atoms with Crippen LogP contribution in [0.5, 0.6) is 0 Å². The van der Waals surface area contributed by atoms with Crippen LogP contribution in [0.3, 0.4) is 0 Å². The van der Waals surface area contributed by atoms with E-state index in [-0.39, 0.29) is 23.9 Å². The van der Waals surface area contributed by atoms with Crippen molar-refractivity contribution in [2.45, 2.75) is 6.17 Å². The summed E-state index contributed by atoms with van der Waals surface area (Å²) in [7, 11) is 0. The number of nitrogens with one attached hydrogen (secondary N) is 2. The maximum atomic E-state index is 12.1. The Morgan fingerprint density at radius 3 is 2.33 bits per heavy atom. The van der Waals surface area contributed by atoms with Crippen LogP contribution in [0.1, 0.15) is 20.7 Å². The first-order chi connectivity index (χ1) is 8.68. The minimum absolute atomic E-state index is 0.0345. The number of carbonyl (C=O) groups excluding carboxylic acids is 2. The van der Waals surface area contributed by atoms with Crippen molar-refractivity contribution in [3.05, 3.63) is 35.4 Å². The van der Waals surface area contributed by atoms with Crippen molar-refractivity contribution >= 4 is 11.8 Å². The normalized spacial score (nSPS) is 26.8. The average molecular weight is 246 g/mol. The molecule has 1 fully saturated rings. The summed E-state index contributed by atoms with van der Waals surface area (Å²) in [5.74, 6) is -0.420. The maximum absolute atomic E-state index is 12.1. The molecule has 0 radical (unpaired) electrons. The van der Waals surface area contributed by atoms with E-state index >= 15 is 0 Å². The summed E-state index contributed by atoms with van der Waals surface area (Å²) in [6.07, 6.45) is -0.241. The molecule has 2 unspecified atom stereocenters. The van der Waals surface area contributed by atoms with E-state index in [0.717, 1.165) is 0 Å². The second-order valence-electron chi connectivity index (χ2n) is 4.58. The van der Waals surface area contributed by atoms with Gasteiger partial charge < -0.3 is 5.73 Å². The quantitative estimate of drug-likeness (QED) is 0.600. The SMILES string of the molecule is NC1NNCC1CN1C(=O)c2ccccc2C1=O. The zero-order valence-electron chi connectivity index (χ0n) is 9.72. The second kappa shape index (κ2) is 4.16. The number of hydrogen-bond acceptors (Lipinski definition) is 5. The molecule has 2 atom stereocenters. The average Bonchev–Trinajstić information content (AvgIpc) is 2.89. The second-order valence-corrected chi connectivity index (χ2v) is 4.58. The van der Waals surface area contributed by atoms with Crippen molar-refractivity contribution in [1.29, 1.82) is 0 Å². The van der Waals surface area contributed by atoms with Gasteiger partial charge in [0, 0.05) is 19.0 Å². The topological polar surface area (TPSA) is 87.5 Å². The molecule has 94 valence electrons. The van der Waals surface area contributed by atoms with E-state index in [2.05, 4.69) is 10.9 Å². The van der Waals surface area contributed by atoms with Gasteiger partial charge in [0.1, 0.15) is 0 Å². The van der Waals surface area contributed by atoms with Gasteiger partial charge in [-0.1, -0.05) is 12.1 Å². The van der Waals surface area contributed by atoms with Crippen LogP contribution in [0.25, 0.3) is 0 Å². The predicted molar refractivity (Wildman–Crippen MR) is 64.4 cm³/mol. The molecule has 1 saturated heterocycles. The Bertz CT molecular complexity index is 482. The number of fused-ring (bicyclic) bond motifs is 1. The van der Waals surface area contributed by atoms with Crippen LogP contribution >= 0.6 is 0 Å². The van der Waals surface area contributed by atoms with Gasteiger partial charge in [-0.15, -0.1) is 0 Å². The largest absolute Gasteiger partial charge is 0.315 e. The van der Waals surface area contributed by atoms with E-state index in [0.29, 0.717) is 24.2 Å². The summed E-state index contributed by atoms with van der Waals surface area (Å²) in [5, 5.41) is 0. The van der Waals surface area contributed by atoms with Crippen LogP contribution in [0.2, 0.25) is 0 Å².